The summed E-state index contributed by atoms with van der Waals surface area (Å²) in [5, 5.41) is 0. The number of rotatable bonds is 2. The zero-order chi connectivity index (χ0) is 14.1. The fourth-order valence-corrected chi connectivity index (χ4v) is 3.39. The van der Waals surface area contributed by atoms with Crippen LogP contribution < -0.4 is 0 Å². The summed E-state index contributed by atoms with van der Waals surface area (Å²) in [5.41, 5.74) is 1.82. The Labute approximate surface area is 130 Å². The maximum atomic E-state index is 13.4. The van der Waals surface area contributed by atoms with Crippen molar-refractivity contribution in [1.82, 2.24) is 9.97 Å². The highest BCUT2D eigenvalue weighted by molar-refractivity contribution is 9.10. The van der Waals surface area contributed by atoms with Gasteiger partial charge in [-0.3, -0.25) is 0 Å². The van der Waals surface area contributed by atoms with Crippen molar-refractivity contribution in [2.45, 2.75) is 31.6 Å². The largest absolute Gasteiger partial charge is 0.343 e. The zero-order valence-corrected chi connectivity index (χ0v) is 13.2. The third-order valence-corrected chi connectivity index (χ3v) is 4.64. The van der Waals surface area contributed by atoms with E-state index in [4.69, 9.17) is 12.2 Å². The number of aromatic amines is 1. The second kappa shape index (κ2) is 5.74. The van der Waals surface area contributed by atoms with Gasteiger partial charge in [0.05, 0.1) is 0 Å². The van der Waals surface area contributed by atoms with Gasteiger partial charge >= 0.3 is 0 Å². The van der Waals surface area contributed by atoms with Crippen LogP contribution in [0.4, 0.5) is 4.39 Å². The molecule has 0 aliphatic heterocycles. The Bertz CT molecular complexity index is 693. The lowest BCUT2D eigenvalue weighted by atomic mass is 10.0. The van der Waals surface area contributed by atoms with Crippen LogP contribution in [0.2, 0.25) is 0 Å². The van der Waals surface area contributed by atoms with Gasteiger partial charge in [0.2, 0.25) is 0 Å². The summed E-state index contributed by atoms with van der Waals surface area (Å²) in [7, 11) is 0. The van der Waals surface area contributed by atoms with Crippen LogP contribution in [0.3, 0.4) is 0 Å². The van der Waals surface area contributed by atoms with Gasteiger partial charge in [-0.1, -0.05) is 41.0 Å². The number of nitrogens with zero attached hydrogens (tertiary/aromatic N) is 1. The van der Waals surface area contributed by atoms with E-state index in [0.717, 1.165) is 10.2 Å². The summed E-state index contributed by atoms with van der Waals surface area (Å²) >= 11 is 8.70. The van der Waals surface area contributed by atoms with Crippen LogP contribution in [-0.2, 0) is 0 Å². The maximum Gasteiger partial charge on any atom is 0.140 e. The van der Waals surface area contributed by atoms with Gasteiger partial charge in [-0.25, -0.2) is 9.37 Å². The molecule has 2 nitrogen and oxygen atoms in total. The first-order chi connectivity index (χ1) is 9.63. The molecule has 3 rings (SSSR count). The van der Waals surface area contributed by atoms with Crippen LogP contribution in [0.15, 0.2) is 28.7 Å². The molecule has 0 atom stereocenters. The Kier molecular flexibility index (Phi) is 3.98. The minimum Gasteiger partial charge on any atom is -0.343 e. The molecular weight excluding hydrogens is 339 g/mol. The summed E-state index contributed by atoms with van der Waals surface area (Å²) in [6, 6.07) is 6.51. The minimum absolute atomic E-state index is 0.282. The molecule has 1 saturated carbocycles. The van der Waals surface area contributed by atoms with E-state index in [0.29, 0.717) is 21.9 Å². The normalized spacial score (nSPS) is 15.7. The second-order valence-corrected chi connectivity index (χ2v) is 6.40. The van der Waals surface area contributed by atoms with Gasteiger partial charge in [-0.2, -0.15) is 0 Å². The predicted octanol–water partition coefficient (Wildman–Crippen LogP) is 5.37. The third-order valence-electron chi connectivity index (χ3n) is 3.74. The Hall–Kier alpha value is -1.07. The van der Waals surface area contributed by atoms with Gasteiger partial charge in [-0.05, 0) is 43.0 Å². The first-order valence-electron chi connectivity index (χ1n) is 6.70. The highest BCUT2D eigenvalue weighted by atomic mass is 79.9. The lowest BCUT2D eigenvalue weighted by Crippen LogP contribution is -2.01. The third kappa shape index (κ3) is 2.83. The molecule has 1 aromatic carbocycles. The lowest BCUT2D eigenvalue weighted by molar-refractivity contribution is 0.627. The standard InChI is InChI=1S/C15H14BrFN2S/c16-12-6-5-10(17)7-11(12)15-18-13(8-14(20)19-15)9-3-1-2-4-9/h5-9H,1-4H2,(H,18,19,20). The molecule has 1 aromatic heterocycles. The van der Waals surface area contributed by atoms with E-state index < -0.39 is 0 Å². The SMILES string of the molecule is Fc1ccc(Br)c(-c2nc(=S)cc(C3CCCC3)[nH]2)c1. The molecule has 2 aromatic rings. The van der Waals surface area contributed by atoms with Crippen LogP contribution in [-0.4, -0.2) is 9.97 Å². The summed E-state index contributed by atoms with van der Waals surface area (Å²) in [4.78, 5) is 7.68. The number of H-pyrrole nitrogens is 1. The number of aromatic nitrogens is 2. The van der Waals surface area contributed by atoms with Gasteiger partial charge in [0.15, 0.2) is 0 Å². The van der Waals surface area contributed by atoms with E-state index in [9.17, 15) is 4.39 Å². The molecule has 1 N–H and O–H groups in total. The van der Waals surface area contributed by atoms with Crippen molar-refractivity contribution in [2.75, 3.05) is 0 Å². The van der Waals surface area contributed by atoms with Crippen LogP contribution >= 0.6 is 28.1 Å². The van der Waals surface area contributed by atoms with E-state index in [1.54, 1.807) is 6.07 Å². The highest BCUT2D eigenvalue weighted by Crippen LogP contribution is 2.34. The predicted molar refractivity (Wildman–Crippen MR) is 83.7 cm³/mol. The molecule has 1 aliphatic rings. The number of nitrogens with one attached hydrogen (secondary N) is 1. The van der Waals surface area contributed by atoms with E-state index in [2.05, 4.69) is 25.9 Å². The Morgan fingerprint density at radius 1 is 1.25 bits per heavy atom. The van der Waals surface area contributed by atoms with E-state index in [1.165, 1.54) is 37.8 Å². The number of benzene rings is 1. The monoisotopic (exact) mass is 352 g/mol. The fraction of sp³-hybridized carbons (Fsp3) is 0.333. The van der Waals surface area contributed by atoms with Crippen LogP contribution in [0.25, 0.3) is 11.4 Å². The summed E-state index contributed by atoms with van der Waals surface area (Å²) in [5.74, 6) is 0.868. The molecular formula is C15H14BrFN2S. The summed E-state index contributed by atoms with van der Waals surface area (Å²) < 4.78 is 14.8. The van der Waals surface area contributed by atoms with Gasteiger partial charge in [0.1, 0.15) is 16.3 Å². The molecule has 1 aliphatic carbocycles. The Morgan fingerprint density at radius 2 is 2.00 bits per heavy atom. The second-order valence-electron chi connectivity index (χ2n) is 5.13. The van der Waals surface area contributed by atoms with Crippen molar-refractivity contribution in [1.29, 1.82) is 0 Å². The van der Waals surface area contributed by atoms with Crippen molar-refractivity contribution < 1.29 is 4.39 Å². The van der Waals surface area contributed by atoms with Gasteiger partial charge < -0.3 is 4.98 Å². The van der Waals surface area contributed by atoms with Crippen molar-refractivity contribution in [3.63, 3.8) is 0 Å². The molecule has 0 amide bonds. The van der Waals surface area contributed by atoms with E-state index in [-0.39, 0.29) is 5.82 Å². The lowest BCUT2D eigenvalue weighted by Gasteiger charge is -2.12. The van der Waals surface area contributed by atoms with Crippen LogP contribution in [0, 0.1) is 10.5 Å². The number of hydrogen-bond acceptors (Lipinski definition) is 2. The first kappa shape index (κ1) is 13.9. The molecule has 5 heteroatoms. The first-order valence-corrected chi connectivity index (χ1v) is 7.90. The van der Waals surface area contributed by atoms with Crippen LogP contribution in [0.5, 0.6) is 0 Å². The van der Waals surface area contributed by atoms with Crippen molar-refractivity contribution in [3.8, 4) is 11.4 Å². The molecule has 0 spiro atoms. The highest BCUT2D eigenvalue weighted by Gasteiger charge is 2.19. The average Bonchev–Trinajstić information content (AvgIpc) is 2.95. The van der Waals surface area contributed by atoms with E-state index in [1.807, 2.05) is 6.07 Å². The molecule has 0 saturated heterocycles. The Balaban J connectivity index is 2.09. The van der Waals surface area contributed by atoms with Crippen molar-refractivity contribution in [3.05, 3.63) is 44.9 Å². The molecule has 0 bridgehead atoms. The number of hydrogen-bond donors (Lipinski definition) is 1. The molecule has 1 heterocycles. The van der Waals surface area contributed by atoms with Crippen LogP contribution in [0.1, 0.15) is 37.3 Å². The zero-order valence-electron chi connectivity index (χ0n) is 10.8. The smallest absolute Gasteiger partial charge is 0.140 e. The summed E-state index contributed by atoms with van der Waals surface area (Å²) in [6.45, 7) is 0. The molecule has 0 unspecified atom stereocenters. The van der Waals surface area contributed by atoms with Gasteiger partial charge in [0, 0.05) is 15.7 Å². The topological polar surface area (TPSA) is 28.7 Å². The van der Waals surface area contributed by atoms with E-state index >= 15 is 0 Å². The minimum atomic E-state index is -0.282. The molecule has 1 fully saturated rings. The van der Waals surface area contributed by atoms with Gasteiger partial charge in [-0.15, -0.1) is 0 Å². The molecule has 104 valence electrons. The quantitative estimate of drug-likeness (QED) is 0.736. The summed E-state index contributed by atoms with van der Waals surface area (Å²) in [6.07, 6.45) is 4.87. The fourth-order valence-electron chi connectivity index (χ4n) is 2.74. The Morgan fingerprint density at radius 3 is 2.75 bits per heavy atom. The molecule has 20 heavy (non-hydrogen) atoms. The maximum absolute atomic E-state index is 13.4. The average molecular weight is 353 g/mol. The van der Waals surface area contributed by atoms with Crippen molar-refractivity contribution in [2.24, 2.45) is 0 Å². The van der Waals surface area contributed by atoms with Gasteiger partial charge in [0.25, 0.3) is 0 Å². The number of halogens is 2. The molecule has 0 radical (unpaired) electrons. The van der Waals surface area contributed by atoms with Crippen molar-refractivity contribution >= 4 is 28.1 Å².